The van der Waals surface area contributed by atoms with Gasteiger partial charge in [0, 0.05) is 6.54 Å². The molecule has 1 unspecified atom stereocenters. The Morgan fingerprint density at radius 1 is 0.933 bits per heavy atom. The normalized spacial score (nSPS) is 12.1. The van der Waals surface area contributed by atoms with Crippen molar-refractivity contribution in [1.82, 2.24) is 9.55 Å². The van der Waals surface area contributed by atoms with E-state index in [2.05, 4.69) is 61.7 Å². The third-order valence-electron chi connectivity index (χ3n) is 5.23. The minimum absolute atomic E-state index is 0.156. The van der Waals surface area contributed by atoms with Crippen LogP contribution in [-0.4, -0.2) is 16.2 Å². The lowest BCUT2D eigenvalue weighted by molar-refractivity contribution is 0.209. The lowest BCUT2D eigenvalue weighted by Gasteiger charge is -2.17. The fraction of sp³-hybridized carbons (Fsp3) is 0.269. The van der Waals surface area contributed by atoms with E-state index < -0.39 is 0 Å². The first-order valence-electron chi connectivity index (χ1n) is 10.5. The van der Waals surface area contributed by atoms with Gasteiger partial charge in [-0.1, -0.05) is 42.5 Å². The van der Waals surface area contributed by atoms with Crippen LogP contribution in [0.25, 0.3) is 11.0 Å². The molecule has 4 heteroatoms. The summed E-state index contributed by atoms with van der Waals surface area (Å²) in [5, 5.41) is 0. The molecule has 0 saturated carbocycles. The Bertz CT molecular complexity index is 1130. The van der Waals surface area contributed by atoms with Gasteiger partial charge in [0.25, 0.3) is 0 Å². The fourth-order valence-corrected chi connectivity index (χ4v) is 3.71. The molecular weight excluding hydrogens is 372 g/mol. The molecule has 1 atom stereocenters. The van der Waals surface area contributed by atoms with Gasteiger partial charge in [-0.3, -0.25) is 0 Å². The highest BCUT2D eigenvalue weighted by Gasteiger charge is 2.18. The zero-order valence-corrected chi connectivity index (χ0v) is 17.8. The zero-order valence-electron chi connectivity index (χ0n) is 17.8. The third kappa shape index (κ3) is 4.48. The first-order valence-corrected chi connectivity index (χ1v) is 10.5. The van der Waals surface area contributed by atoms with Crippen LogP contribution in [-0.2, 0) is 6.54 Å². The molecule has 0 N–H and O–H groups in total. The van der Waals surface area contributed by atoms with E-state index >= 15 is 0 Å². The van der Waals surface area contributed by atoms with Crippen LogP contribution in [0.1, 0.15) is 36.4 Å². The standard InChI is InChI=1S/C26H28N2O2/c1-19-10-8-12-22(18-19)30-21(3)26-27-23-13-5-6-14-24(23)28(26)16-9-17-29-25-15-7-4-11-20(25)2/h4-8,10-15,18,21H,9,16-17H2,1-3H3. The smallest absolute Gasteiger partial charge is 0.153 e. The Hall–Kier alpha value is -3.27. The molecule has 0 radical (unpaired) electrons. The monoisotopic (exact) mass is 400 g/mol. The molecule has 0 spiro atoms. The summed E-state index contributed by atoms with van der Waals surface area (Å²) in [7, 11) is 0. The largest absolute Gasteiger partial charge is 0.493 e. The maximum Gasteiger partial charge on any atom is 0.153 e. The number of fused-ring (bicyclic) bond motifs is 1. The molecule has 4 nitrogen and oxygen atoms in total. The quantitative estimate of drug-likeness (QED) is 0.327. The second-order valence-electron chi connectivity index (χ2n) is 7.65. The summed E-state index contributed by atoms with van der Waals surface area (Å²) < 4.78 is 14.5. The molecule has 0 aliphatic rings. The van der Waals surface area contributed by atoms with Crippen molar-refractivity contribution in [1.29, 1.82) is 0 Å². The number of para-hydroxylation sites is 3. The number of nitrogens with zero attached hydrogens (tertiary/aromatic N) is 2. The van der Waals surface area contributed by atoms with Crippen molar-refractivity contribution in [2.75, 3.05) is 6.61 Å². The lowest BCUT2D eigenvalue weighted by Crippen LogP contribution is -2.13. The van der Waals surface area contributed by atoms with E-state index in [1.54, 1.807) is 0 Å². The van der Waals surface area contributed by atoms with Crippen molar-refractivity contribution < 1.29 is 9.47 Å². The number of rotatable bonds is 8. The molecule has 4 aromatic rings. The van der Waals surface area contributed by atoms with Gasteiger partial charge < -0.3 is 14.0 Å². The number of imidazole rings is 1. The van der Waals surface area contributed by atoms with Crippen LogP contribution in [0, 0.1) is 13.8 Å². The molecule has 0 amide bonds. The first kappa shape index (κ1) is 20.0. The maximum atomic E-state index is 6.23. The topological polar surface area (TPSA) is 36.3 Å². The molecule has 0 aliphatic carbocycles. The highest BCUT2D eigenvalue weighted by atomic mass is 16.5. The number of benzene rings is 3. The second kappa shape index (κ2) is 9.04. The molecular formula is C26H28N2O2. The Morgan fingerprint density at radius 3 is 2.57 bits per heavy atom. The van der Waals surface area contributed by atoms with Gasteiger partial charge in [-0.05, 0) is 68.7 Å². The van der Waals surface area contributed by atoms with Crippen molar-refractivity contribution in [3.8, 4) is 11.5 Å². The summed E-state index contributed by atoms with van der Waals surface area (Å²) in [5.74, 6) is 2.75. The summed E-state index contributed by atoms with van der Waals surface area (Å²) in [6.07, 6.45) is 0.732. The summed E-state index contributed by atoms with van der Waals surface area (Å²) in [4.78, 5) is 4.88. The SMILES string of the molecule is Cc1cccc(OC(C)c2nc3ccccc3n2CCCOc2ccccc2C)c1. The van der Waals surface area contributed by atoms with Crippen LogP contribution in [0.4, 0.5) is 0 Å². The van der Waals surface area contributed by atoms with Gasteiger partial charge in [-0.15, -0.1) is 0 Å². The molecule has 0 saturated heterocycles. The minimum Gasteiger partial charge on any atom is -0.493 e. The van der Waals surface area contributed by atoms with E-state index in [0.29, 0.717) is 6.61 Å². The van der Waals surface area contributed by atoms with Gasteiger partial charge in [0.05, 0.1) is 17.6 Å². The van der Waals surface area contributed by atoms with Gasteiger partial charge in [-0.2, -0.15) is 0 Å². The molecule has 0 bridgehead atoms. The van der Waals surface area contributed by atoms with Crippen LogP contribution in [0.15, 0.2) is 72.8 Å². The summed E-state index contributed by atoms with van der Waals surface area (Å²) in [6, 6.07) is 24.5. The van der Waals surface area contributed by atoms with E-state index in [1.807, 2.05) is 36.4 Å². The van der Waals surface area contributed by atoms with Gasteiger partial charge in [0.15, 0.2) is 11.9 Å². The predicted octanol–water partition coefficient (Wildman–Crippen LogP) is 6.26. The summed E-state index contributed by atoms with van der Waals surface area (Å²) >= 11 is 0. The molecule has 4 rings (SSSR count). The van der Waals surface area contributed by atoms with E-state index in [0.717, 1.165) is 46.9 Å². The van der Waals surface area contributed by atoms with Crippen molar-refractivity contribution in [2.24, 2.45) is 0 Å². The highest BCUT2D eigenvalue weighted by molar-refractivity contribution is 5.76. The maximum absolute atomic E-state index is 6.23. The molecule has 1 heterocycles. The van der Waals surface area contributed by atoms with Crippen molar-refractivity contribution >= 4 is 11.0 Å². The van der Waals surface area contributed by atoms with E-state index in [-0.39, 0.29) is 6.10 Å². The Balaban J connectivity index is 1.50. The van der Waals surface area contributed by atoms with Crippen molar-refractivity contribution in [2.45, 2.75) is 39.8 Å². The minimum atomic E-state index is -0.156. The molecule has 30 heavy (non-hydrogen) atoms. The molecule has 154 valence electrons. The molecule has 1 aromatic heterocycles. The van der Waals surface area contributed by atoms with E-state index in [9.17, 15) is 0 Å². The highest BCUT2D eigenvalue weighted by Crippen LogP contribution is 2.26. The Labute approximate surface area is 178 Å². The number of ether oxygens (including phenoxy) is 2. The molecule has 0 aliphatic heterocycles. The number of hydrogen-bond donors (Lipinski definition) is 0. The number of aryl methyl sites for hydroxylation is 3. The average molecular weight is 401 g/mol. The van der Waals surface area contributed by atoms with E-state index in [4.69, 9.17) is 14.5 Å². The fourth-order valence-electron chi connectivity index (χ4n) is 3.71. The Morgan fingerprint density at radius 2 is 1.73 bits per heavy atom. The number of hydrogen-bond acceptors (Lipinski definition) is 3. The van der Waals surface area contributed by atoms with Gasteiger partial charge in [0.1, 0.15) is 11.5 Å². The van der Waals surface area contributed by atoms with Gasteiger partial charge in [0.2, 0.25) is 0 Å². The van der Waals surface area contributed by atoms with Crippen molar-refractivity contribution in [3.63, 3.8) is 0 Å². The van der Waals surface area contributed by atoms with Crippen LogP contribution in [0.3, 0.4) is 0 Å². The molecule has 3 aromatic carbocycles. The zero-order chi connectivity index (χ0) is 20.9. The number of aromatic nitrogens is 2. The lowest BCUT2D eigenvalue weighted by atomic mass is 10.2. The van der Waals surface area contributed by atoms with Crippen LogP contribution in [0.2, 0.25) is 0 Å². The molecule has 0 fully saturated rings. The summed E-state index contributed by atoms with van der Waals surface area (Å²) in [5.41, 5.74) is 4.46. The summed E-state index contributed by atoms with van der Waals surface area (Å²) in [6.45, 7) is 7.68. The van der Waals surface area contributed by atoms with Crippen LogP contribution < -0.4 is 9.47 Å². The first-order chi connectivity index (χ1) is 14.6. The Kier molecular flexibility index (Phi) is 6.03. The third-order valence-corrected chi connectivity index (χ3v) is 5.23. The van der Waals surface area contributed by atoms with Gasteiger partial charge in [-0.25, -0.2) is 4.98 Å². The predicted molar refractivity (Wildman–Crippen MR) is 121 cm³/mol. The van der Waals surface area contributed by atoms with Crippen LogP contribution >= 0.6 is 0 Å². The second-order valence-corrected chi connectivity index (χ2v) is 7.65. The average Bonchev–Trinajstić information content (AvgIpc) is 3.11. The van der Waals surface area contributed by atoms with Gasteiger partial charge >= 0.3 is 0 Å². The van der Waals surface area contributed by atoms with Crippen molar-refractivity contribution in [3.05, 3.63) is 89.7 Å². The van der Waals surface area contributed by atoms with E-state index in [1.165, 1.54) is 5.56 Å². The van der Waals surface area contributed by atoms with Crippen LogP contribution in [0.5, 0.6) is 11.5 Å².